The number of thiol groups is 1. The number of likely N-dealkylation sites (N-methyl/N-ethyl adjacent to an activating group) is 1. The molecule has 3 amide bonds. The van der Waals surface area contributed by atoms with Crippen LogP contribution in [0.2, 0.25) is 0 Å². The highest BCUT2D eigenvalue weighted by Crippen LogP contribution is 2.38. The van der Waals surface area contributed by atoms with Crippen LogP contribution in [0.25, 0.3) is 0 Å². The van der Waals surface area contributed by atoms with Gasteiger partial charge in [0.2, 0.25) is 5.91 Å². The van der Waals surface area contributed by atoms with Crippen molar-refractivity contribution in [3.63, 3.8) is 0 Å². The number of imide groups is 1. The molecule has 0 aromatic carbocycles. The molecule has 0 atom stereocenters. The zero-order chi connectivity index (χ0) is 12.5. The second-order valence-corrected chi connectivity index (χ2v) is 5.65. The lowest BCUT2D eigenvalue weighted by Crippen LogP contribution is -2.43. The molecule has 1 saturated heterocycles. The Balaban J connectivity index is 2.08. The van der Waals surface area contributed by atoms with Gasteiger partial charge in [-0.2, -0.15) is 12.6 Å². The van der Waals surface area contributed by atoms with E-state index in [0.29, 0.717) is 6.54 Å². The minimum Gasteiger partial charge on any atom is -0.318 e. The van der Waals surface area contributed by atoms with Gasteiger partial charge in [-0.1, -0.05) is 19.3 Å². The Bertz CT molecular complexity index is 326. The van der Waals surface area contributed by atoms with E-state index in [2.05, 4.69) is 12.6 Å². The molecule has 0 aromatic rings. The summed E-state index contributed by atoms with van der Waals surface area (Å²) in [6.07, 6.45) is 5.80. The van der Waals surface area contributed by atoms with Crippen molar-refractivity contribution in [1.29, 1.82) is 0 Å². The fourth-order valence-corrected chi connectivity index (χ4v) is 3.24. The molecule has 2 fully saturated rings. The van der Waals surface area contributed by atoms with Crippen LogP contribution in [0.3, 0.4) is 0 Å². The van der Waals surface area contributed by atoms with Crippen molar-refractivity contribution in [1.82, 2.24) is 9.80 Å². The fourth-order valence-electron chi connectivity index (χ4n) is 2.83. The quantitative estimate of drug-likeness (QED) is 0.617. The van der Waals surface area contributed by atoms with E-state index >= 15 is 0 Å². The van der Waals surface area contributed by atoms with Crippen LogP contribution >= 0.6 is 12.6 Å². The Labute approximate surface area is 108 Å². The molecule has 0 unspecified atom stereocenters. The first-order chi connectivity index (χ1) is 8.08. The van der Waals surface area contributed by atoms with E-state index in [0.717, 1.165) is 18.6 Å². The molecule has 0 bridgehead atoms. The molecule has 5 heteroatoms. The molecule has 1 aliphatic carbocycles. The first-order valence-electron chi connectivity index (χ1n) is 6.24. The summed E-state index contributed by atoms with van der Waals surface area (Å²) in [5.41, 5.74) is 0.0534. The van der Waals surface area contributed by atoms with Crippen LogP contribution in [-0.4, -0.2) is 47.6 Å². The van der Waals surface area contributed by atoms with Crippen molar-refractivity contribution in [2.75, 3.05) is 25.9 Å². The summed E-state index contributed by atoms with van der Waals surface area (Å²) in [5, 5.41) is 0. The standard InChI is InChI=1S/C12H20N2O2S/c1-13-7-10(15)14(11(13)16)8-12(9-17)5-3-2-4-6-12/h17H,2-9H2,1H3. The molecule has 0 radical (unpaired) electrons. The van der Waals surface area contributed by atoms with E-state index in [-0.39, 0.29) is 23.9 Å². The highest BCUT2D eigenvalue weighted by atomic mass is 32.1. The van der Waals surface area contributed by atoms with Gasteiger partial charge in [-0.3, -0.25) is 9.69 Å². The first-order valence-corrected chi connectivity index (χ1v) is 6.88. The van der Waals surface area contributed by atoms with Crippen molar-refractivity contribution in [3.8, 4) is 0 Å². The summed E-state index contributed by atoms with van der Waals surface area (Å²) >= 11 is 4.44. The molecule has 0 aromatic heterocycles. The van der Waals surface area contributed by atoms with Gasteiger partial charge in [-0.25, -0.2) is 4.79 Å². The smallest absolute Gasteiger partial charge is 0.318 e. The Hall–Kier alpha value is -0.710. The van der Waals surface area contributed by atoms with Crippen LogP contribution in [0.15, 0.2) is 0 Å². The molecule has 17 heavy (non-hydrogen) atoms. The maximum absolute atomic E-state index is 11.9. The summed E-state index contributed by atoms with van der Waals surface area (Å²) in [7, 11) is 1.68. The van der Waals surface area contributed by atoms with Gasteiger partial charge in [0.15, 0.2) is 0 Å². The molecule has 2 aliphatic rings. The summed E-state index contributed by atoms with van der Waals surface area (Å²) in [6, 6.07) is -0.151. The molecule has 0 N–H and O–H groups in total. The van der Waals surface area contributed by atoms with Crippen LogP contribution in [0.5, 0.6) is 0 Å². The van der Waals surface area contributed by atoms with Crippen LogP contribution < -0.4 is 0 Å². The monoisotopic (exact) mass is 256 g/mol. The van der Waals surface area contributed by atoms with E-state index in [9.17, 15) is 9.59 Å². The third-order valence-corrected chi connectivity index (χ3v) is 4.64. The van der Waals surface area contributed by atoms with Gasteiger partial charge in [0.25, 0.3) is 0 Å². The van der Waals surface area contributed by atoms with Gasteiger partial charge in [0.05, 0.1) is 0 Å². The number of hydrogen-bond acceptors (Lipinski definition) is 3. The van der Waals surface area contributed by atoms with E-state index in [4.69, 9.17) is 0 Å². The lowest BCUT2D eigenvalue weighted by Gasteiger charge is -2.38. The first kappa shape index (κ1) is 12.7. The van der Waals surface area contributed by atoms with E-state index in [1.807, 2.05) is 0 Å². The minimum absolute atomic E-state index is 0.0534. The van der Waals surface area contributed by atoms with Crippen LogP contribution in [0.1, 0.15) is 32.1 Å². The Kier molecular flexibility index (Phi) is 3.66. The van der Waals surface area contributed by atoms with Crippen molar-refractivity contribution in [2.24, 2.45) is 5.41 Å². The zero-order valence-corrected chi connectivity index (χ0v) is 11.2. The minimum atomic E-state index is -0.151. The van der Waals surface area contributed by atoms with Crippen molar-refractivity contribution >= 4 is 24.6 Å². The van der Waals surface area contributed by atoms with Gasteiger partial charge in [-0.15, -0.1) is 0 Å². The third kappa shape index (κ3) is 2.44. The van der Waals surface area contributed by atoms with Gasteiger partial charge in [0.1, 0.15) is 6.54 Å². The SMILES string of the molecule is CN1CC(=O)N(CC2(CS)CCCCC2)C1=O. The van der Waals surface area contributed by atoms with Crippen LogP contribution in [0, 0.1) is 5.41 Å². The molecule has 96 valence electrons. The Morgan fingerprint density at radius 2 is 1.88 bits per heavy atom. The average Bonchev–Trinajstić information content (AvgIpc) is 2.57. The largest absolute Gasteiger partial charge is 0.326 e. The second-order valence-electron chi connectivity index (χ2n) is 5.34. The Morgan fingerprint density at radius 1 is 1.24 bits per heavy atom. The summed E-state index contributed by atoms with van der Waals surface area (Å²) in [4.78, 5) is 26.5. The van der Waals surface area contributed by atoms with Crippen molar-refractivity contribution in [3.05, 3.63) is 0 Å². The van der Waals surface area contributed by atoms with Gasteiger partial charge in [0, 0.05) is 13.6 Å². The van der Waals surface area contributed by atoms with Gasteiger partial charge in [-0.05, 0) is 24.0 Å². The number of amides is 3. The van der Waals surface area contributed by atoms with Gasteiger partial charge < -0.3 is 4.90 Å². The topological polar surface area (TPSA) is 40.6 Å². The normalized spacial score (nSPS) is 24.6. The fraction of sp³-hybridized carbons (Fsp3) is 0.833. The van der Waals surface area contributed by atoms with E-state index in [1.54, 1.807) is 7.05 Å². The third-order valence-electron chi connectivity index (χ3n) is 3.97. The van der Waals surface area contributed by atoms with Crippen molar-refractivity contribution in [2.45, 2.75) is 32.1 Å². The summed E-state index contributed by atoms with van der Waals surface area (Å²) < 4.78 is 0. The molecule has 1 heterocycles. The number of carbonyl (C=O) groups excluding carboxylic acids is 2. The summed E-state index contributed by atoms with van der Waals surface area (Å²) in [5.74, 6) is 0.692. The van der Waals surface area contributed by atoms with Gasteiger partial charge >= 0.3 is 6.03 Å². The number of urea groups is 1. The average molecular weight is 256 g/mol. The number of nitrogens with zero attached hydrogens (tertiary/aromatic N) is 2. The maximum Gasteiger partial charge on any atom is 0.326 e. The lowest BCUT2D eigenvalue weighted by molar-refractivity contribution is -0.126. The number of rotatable bonds is 3. The maximum atomic E-state index is 11.9. The van der Waals surface area contributed by atoms with E-state index < -0.39 is 0 Å². The highest BCUT2D eigenvalue weighted by Gasteiger charge is 2.40. The summed E-state index contributed by atoms with van der Waals surface area (Å²) in [6.45, 7) is 0.778. The van der Waals surface area contributed by atoms with Crippen LogP contribution in [0.4, 0.5) is 4.79 Å². The molecular formula is C12H20N2O2S. The number of hydrogen-bond donors (Lipinski definition) is 1. The molecule has 1 aliphatic heterocycles. The molecule has 1 saturated carbocycles. The molecule has 0 spiro atoms. The molecule has 2 rings (SSSR count). The second kappa shape index (κ2) is 4.88. The molecule has 4 nitrogen and oxygen atoms in total. The molecular weight excluding hydrogens is 236 g/mol. The highest BCUT2D eigenvalue weighted by molar-refractivity contribution is 7.80. The predicted octanol–water partition coefficient (Wildman–Crippen LogP) is 1.76. The van der Waals surface area contributed by atoms with Crippen molar-refractivity contribution < 1.29 is 9.59 Å². The lowest BCUT2D eigenvalue weighted by atomic mass is 9.75. The zero-order valence-electron chi connectivity index (χ0n) is 10.3. The predicted molar refractivity (Wildman–Crippen MR) is 69.1 cm³/mol. The van der Waals surface area contributed by atoms with Crippen LogP contribution in [-0.2, 0) is 4.79 Å². The van der Waals surface area contributed by atoms with E-state index in [1.165, 1.54) is 29.1 Å². The Morgan fingerprint density at radius 3 is 2.35 bits per heavy atom. The number of carbonyl (C=O) groups is 2.